The van der Waals surface area contributed by atoms with Crippen LogP contribution in [0.15, 0.2) is 30.3 Å². The van der Waals surface area contributed by atoms with Crippen LogP contribution in [0.3, 0.4) is 0 Å². The van der Waals surface area contributed by atoms with Gasteiger partial charge in [-0.2, -0.15) is 0 Å². The van der Waals surface area contributed by atoms with E-state index in [9.17, 15) is 4.79 Å². The van der Waals surface area contributed by atoms with E-state index in [0.29, 0.717) is 12.6 Å². The van der Waals surface area contributed by atoms with Crippen LogP contribution in [-0.4, -0.2) is 56.4 Å². The van der Waals surface area contributed by atoms with E-state index in [1.165, 1.54) is 37.8 Å². The molecule has 1 aliphatic carbocycles. The van der Waals surface area contributed by atoms with Crippen molar-refractivity contribution in [2.24, 2.45) is 0 Å². The van der Waals surface area contributed by atoms with E-state index in [4.69, 9.17) is 4.74 Å². The number of ether oxygens (including phenoxy) is 1. The summed E-state index contributed by atoms with van der Waals surface area (Å²) in [4.78, 5) is 16.5. The highest BCUT2D eigenvalue weighted by atomic mass is 16.5. The molecular formula is C20H31N3O2. The third kappa shape index (κ3) is 5.63. The largest absolute Gasteiger partial charge is 0.378 e. The van der Waals surface area contributed by atoms with Gasteiger partial charge < -0.3 is 19.9 Å². The molecule has 3 rings (SSSR count). The first-order valence-corrected chi connectivity index (χ1v) is 9.77. The average molecular weight is 345 g/mol. The lowest BCUT2D eigenvalue weighted by Crippen LogP contribution is -2.52. The van der Waals surface area contributed by atoms with Crippen LogP contribution < -0.4 is 10.2 Å². The molecule has 2 fully saturated rings. The molecule has 0 radical (unpaired) electrons. The minimum Gasteiger partial charge on any atom is -0.378 e. The van der Waals surface area contributed by atoms with Crippen molar-refractivity contribution < 1.29 is 9.53 Å². The molecule has 0 bridgehead atoms. The monoisotopic (exact) mass is 345 g/mol. The van der Waals surface area contributed by atoms with Crippen LogP contribution in [-0.2, 0) is 4.74 Å². The minimum atomic E-state index is 0.0605. The standard InChI is InChI=1S/C20H31N3O2/c24-20(21-12-7-17-25-19-10-5-2-6-11-19)23-15-13-22(14-16-23)18-8-3-1-4-9-18/h1,3-4,8-9,19H,2,5-7,10-17H2,(H,21,24). The number of carbonyl (C=O) groups excluding carboxylic acids is 1. The van der Waals surface area contributed by atoms with Gasteiger partial charge in [-0.25, -0.2) is 4.79 Å². The molecule has 2 amide bonds. The summed E-state index contributed by atoms with van der Waals surface area (Å²) in [5.41, 5.74) is 1.24. The molecule has 1 saturated heterocycles. The molecule has 2 aliphatic rings. The van der Waals surface area contributed by atoms with E-state index in [2.05, 4.69) is 34.5 Å². The predicted molar refractivity (Wildman–Crippen MR) is 101 cm³/mol. The maximum atomic E-state index is 12.3. The van der Waals surface area contributed by atoms with Crippen LogP contribution in [0, 0.1) is 0 Å². The van der Waals surface area contributed by atoms with Gasteiger partial charge in [0.25, 0.3) is 0 Å². The number of piperazine rings is 1. The normalized spacial score (nSPS) is 19.0. The number of rotatable bonds is 6. The Hall–Kier alpha value is -1.75. The fourth-order valence-corrected chi connectivity index (χ4v) is 3.67. The Morgan fingerprint density at radius 3 is 2.48 bits per heavy atom. The van der Waals surface area contributed by atoms with Gasteiger partial charge in [0.15, 0.2) is 0 Å². The van der Waals surface area contributed by atoms with Crippen molar-refractivity contribution in [3.05, 3.63) is 30.3 Å². The highest BCUT2D eigenvalue weighted by molar-refractivity contribution is 5.74. The summed E-state index contributed by atoms with van der Waals surface area (Å²) in [6.07, 6.45) is 7.72. The lowest BCUT2D eigenvalue weighted by atomic mass is 9.98. The SMILES string of the molecule is O=C(NCCCOC1CCCCC1)N1CCN(c2ccccc2)CC1. The van der Waals surface area contributed by atoms with E-state index < -0.39 is 0 Å². The Labute approximate surface area is 151 Å². The Morgan fingerprint density at radius 1 is 1.04 bits per heavy atom. The lowest BCUT2D eigenvalue weighted by molar-refractivity contribution is 0.0274. The molecule has 1 N–H and O–H groups in total. The van der Waals surface area contributed by atoms with Gasteiger partial charge in [-0.1, -0.05) is 37.5 Å². The predicted octanol–water partition coefficient (Wildman–Crippen LogP) is 3.26. The molecule has 0 atom stereocenters. The van der Waals surface area contributed by atoms with E-state index in [1.54, 1.807) is 0 Å². The van der Waals surface area contributed by atoms with Crippen LogP contribution >= 0.6 is 0 Å². The van der Waals surface area contributed by atoms with Crippen molar-refractivity contribution in [1.29, 1.82) is 0 Å². The van der Waals surface area contributed by atoms with Gasteiger partial charge in [-0.15, -0.1) is 0 Å². The van der Waals surface area contributed by atoms with Gasteiger partial charge in [-0.3, -0.25) is 0 Å². The summed E-state index contributed by atoms with van der Waals surface area (Å²) in [6.45, 7) is 4.79. The Kier molecular flexibility index (Phi) is 6.98. The second-order valence-electron chi connectivity index (χ2n) is 7.03. The lowest BCUT2D eigenvalue weighted by Gasteiger charge is -2.36. The number of nitrogens with one attached hydrogen (secondary N) is 1. The van der Waals surface area contributed by atoms with Crippen LogP contribution in [0.5, 0.6) is 0 Å². The molecule has 5 nitrogen and oxygen atoms in total. The highest BCUT2D eigenvalue weighted by Gasteiger charge is 2.20. The second-order valence-corrected chi connectivity index (χ2v) is 7.03. The zero-order valence-corrected chi connectivity index (χ0v) is 15.2. The van der Waals surface area contributed by atoms with Gasteiger partial charge in [0.05, 0.1) is 6.10 Å². The first kappa shape index (κ1) is 18.1. The van der Waals surface area contributed by atoms with E-state index in [0.717, 1.165) is 39.2 Å². The maximum Gasteiger partial charge on any atom is 0.317 e. The van der Waals surface area contributed by atoms with Crippen molar-refractivity contribution in [2.45, 2.75) is 44.6 Å². The number of nitrogens with zero attached hydrogens (tertiary/aromatic N) is 2. The summed E-state index contributed by atoms with van der Waals surface area (Å²) >= 11 is 0. The number of benzene rings is 1. The number of hydrogen-bond acceptors (Lipinski definition) is 3. The average Bonchev–Trinajstić information content (AvgIpc) is 2.69. The minimum absolute atomic E-state index is 0.0605. The summed E-state index contributed by atoms with van der Waals surface area (Å²) in [6, 6.07) is 10.5. The van der Waals surface area contributed by atoms with Gasteiger partial charge >= 0.3 is 6.03 Å². The van der Waals surface area contributed by atoms with Crippen molar-refractivity contribution >= 4 is 11.7 Å². The molecule has 0 unspecified atom stereocenters. The van der Waals surface area contributed by atoms with E-state index in [1.807, 2.05) is 11.0 Å². The molecule has 1 heterocycles. The summed E-state index contributed by atoms with van der Waals surface area (Å²) in [7, 11) is 0. The number of carbonyl (C=O) groups is 1. The number of anilines is 1. The molecule has 0 aromatic heterocycles. The first-order valence-electron chi connectivity index (χ1n) is 9.77. The number of amides is 2. The number of hydrogen-bond donors (Lipinski definition) is 1. The maximum absolute atomic E-state index is 12.3. The molecule has 1 aliphatic heterocycles. The Bertz CT molecular complexity index is 509. The zero-order valence-electron chi connectivity index (χ0n) is 15.2. The summed E-state index contributed by atoms with van der Waals surface area (Å²) < 4.78 is 5.90. The third-order valence-electron chi connectivity index (χ3n) is 5.19. The fourth-order valence-electron chi connectivity index (χ4n) is 3.67. The quantitative estimate of drug-likeness (QED) is 0.805. The summed E-state index contributed by atoms with van der Waals surface area (Å²) in [5.74, 6) is 0. The summed E-state index contributed by atoms with van der Waals surface area (Å²) in [5, 5.41) is 3.03. The van der Waals surface area contributed by atoms with Gasteiger partial charge in [0.2, 0.25) is 0 Å². The topological polar surface area (TPSA) is 44.8 Å². The number of urea groups is 1. The molecule has 5 heteroatoms. The van der Waals surface area contributed by atoms with Crippen molar-refractivity contribution in [3.8, 4) is 0 Å². The Balaban J connectivity index is 1.28. The molecule has 1 aromatic rings. The smallest absolute Gasteiger partial charge is 0.317 e. The van der Waals surface area contributed by atoms with Gasteiger partial charge in [0.1, 0.15) is 0 Å². The highest BCUT2D eigenvalue weighted by Crippen LogP contribution is 2.20. The van der Waals surface area contributed by atoms with Crippen molar-refractivity contribution in [1.82, 2.24) is 10.2 Å². The van der Waals surface area contributed by atoms with Crippen LogP contribution in [0.2, 0.25) is 0 Å². The van der Waals surface area contributed by atoms with Crippen molar-refractivity contribution in [3.63, 3.8) is 0 Å². The first-order chi connectivity index (χ1) is 12.3. The third-order valence-corrected chi connectivity index (χ3v) is 5.19. The van der Waals surface area contributed by atoms with E-state index in [-0.39, 0.29) is 6.03 Å². The molecule has 138 valence electrons. The Morgan fingerprint density at radius 2 is 1.76 bits per heavy atom. The van der Waals surface area contributed by atoms with Crippen LogP contribution in [0.1, 0.15) is 38.5 Å². The molecule has 1 saturated carbocycles. The molecule has 0 spiro atoms. The fraction of sp³-hybridized carbons (Fsp3) is 0.650. The molecule has 1 aromatic carbocycles. The zero-order chi connectivity index (χ0) is 17.3. The molecule has 25 heavy (non-hydrogen) atoms. The number of para-hydroxylation sites is 1. The van der Waals surface area contributed by atoms with Gasteiger partial charge in [-0.05, 0) is 31.4 Å². The van der Waals surface area contributed by atoms with E-state index >= 15 is 0 Å². The van der Waals surface area contributed by atoms with Crippen LogP contribution in [0.4, 0.5) is 10.5 Å². The molecular weight excluding hydrogens is 314 g/mol. The second kappa shape index (κ2) is 9.66. The van der Waals surface area contributed by atoms with Crippen LogP contribution in [0.25, 0.3) is 0 Å². The van der Waals surface area contributed by atoms with Crippen molar-refractivity contribution in [2.75, 3.05) is 44.2 Å². The van der Waals surface area contributed by atoms with Gasteiger partial charge in [0, 0.05) is 45.0 Å².